The van der Waals surface area contributed by atoms with E-state index in [0.29, 0.717) is 17.4 Å². The van der Waals surface area contributed by atoms with Gasteiger partial charge < -0.3 is 4.74 Å². The van der Waals surface area contributed by atoms with Crippen LogP contribution < -0.4 is 16.0 Å². The van der Waals surface area contributed by atoms with Gasteiger partial charge in [-0.3, -0.25) is 10.2 Å². The Kier molecular flexibility index (Phi) is 4.76. The molecule has 2 aromatic rings. The maximum absolute atomic E-state index is 11.6. The molecule has 1 aromatic carbocycles. The van der Waals surface area contributed by atoms with Gasteiger partial charge in [0.15, 0.2) is 0 Å². The van der Waals surface area contributed by atoms with Gasteiger partial charge in [0.05, 0.1) is 4.88 Å². The maximum atomic E-state index is 11.6. The Morgan fingerprint density at radius 2 is 2.20 bits per heavy atom. The zero-order chi connectivity index (χ0) is 14.5. The molecule has 0 aliphatic heterocycles. The summed E-state index contributed by atoms with van der Waals surface area (Å²) in [5.74, 6) is 6.14. The van der Waals surface area contributed by atoms with E-state index in [-0.39, 0.29) is 5.91 Å². The number of nitrogens with two attached hydrogens (primary N) is 1. The van der Waals surface area contributed by atoms with Gasteiger partial charge in [0.25, 0.3) is 5.91 Å². The highest BCUT2D eigenvalue weighted by Gasteiger charge is 2.12. The summed E-state index contributed by atoms with van der Waals surface area (Å²) in [4.78, 5) is 12.2. The van der Waals surface area contributed by atoms with E-state index < -0.39 is 0 Å². The van der Waals surface area contributed by atoms with E-state index >= 15 is 0 Å². The van der Waals surface area contributed by atoms with Gasteiger partial charge in [-0.05, 0) is 35.1 Å². The molecule has 20 heavy (non-hydrogen) atoms. The van der Waals surface area contributed by atoms with E-state index in [0.717, 1.165) is 11.3 Å². The molecular formula is C15H18N2O2S. The van der Waals surface area contributed by atoms with Crippen molar-refractivity contribution in [1.82, 2.24) is 5.43 Å². The Bertz CT molecular complexity index is 593. The lowest BCUT2D eigenvalue weighted by molar-refractivity contribution is 0.0955. The number of hydrogen-bond acceptors (Lipinski definition) is 4. The van der Waals surface area contributed by atoms with Crippen LogP contribution in [0.5, 0.6) is 5.75 Å². The van der Waals surface area contributed by atoms with Crippen molar-refractivity contribution in [3.05, 3.63) is 51.7 Å². The molecule has 2 rings (SSSR count). The Balaban J connectivity index is 2.07. The van der Waals surface area contributed by atoms with Crippen molar-refractivity contribution < 1.29 is 9.53 Å². The summed E-state index contributed by atoms with van der Waals surface area (Å²) in [7, 11) is 0. The molecule has 106 valence electrons. The number of hydrogen-bond donors (Lipinski definition) is 2. The van der Waals surface area contributed by atoms with Crippen molar-refractivity contribution >= 4 is 17.2 Å². The lowest BCUT2D eigenvalue weighted by atomic mass is 10.0. The van der Waals surface area contributed by atoms with Gasteiger partial charge in [0.2, 0.25) is 0 Å². The second-order valence-electron chi connectivity index (χ2n) is 4.76. The topological polar surface area (TPSA) is 64.3 Å². The molecule has 0 aliphatic rings. The minimum atomic E-state index is -0.283. The minimum Gasteiger partial charge on any atom is -0.489 e. The number of nitrogens with one attached hydrogen (secondary N) is 1. The summed E-state index contributed by atoms with van der Waals surface area (Å²) in [5.41, 5.74) is 4.22. The fourth-order valence-corrected chi connectivity index (χ4v) is 2.65. The van der Waals surface area contributed by atoms with E-state index in [1.54, 1.807) is 0 Å². The number of thiophene rings is 1. The Labute approximate surface area is 122 Å². The molecule has 0 aliphatic carbocycles. The van der Waals surface area contributed by atoms with Crippen LogP contribution in [0.3, 0.4) is 0 Å². The summed E-state index contributed by atoms with van der Waals surface area (Å²) in [6.07, 6.45) is 0. The average Bonchev–Trinajstić information content (AvgIpc) is 2.93. The van der Waals surface area contributed by atoms with E-state index in [1.165, 1.54) is 16.9 Å². The predicted molar refractivity (Wildman–Crippen MR) is 80.8 cm³/mol. The first-order valence-corrected chi connectivity index (χ1v) is 7.30. The third-order valence-electron chi connectivity index (χ3n) is 3.00. The molecule has 0 saturated carbocycles. The smallest absolute Gasteiger partial charge is 0.275 e. The largest absolute Gasteiger partial charge is 0.489 e. The molecule has 0 atom stereocenters. The van der Waals surface area contributed by atoms with Crippen molar-refractivity contribution in [2.24, 2.45) is 5.84 Å². The second-order valence-corrected chi connectivity index (χ2v) is 5.68. The second kappa shape index (κ2) is 6.54. The first-order chi connectivity index (χ1) is 9.61. The molecule has 0 bridgehead atoms. The Morgan fingerprint density at radius 3 is 2.90 bits per heavy atom. The lowest BCUT2D eigenvalue weighted by Crippen LogP contribution is -2.30. The van der Waals surface area contributed by atoms with Crippen molar-refractivity contribution in [2.45, 2.75) is 26.4 Å². The number of nitrogen functional groups attached to an aromatic ring is 1. The summed E-state index contributed by atoms with van der Waals surface area (Å²) in [6.45, 7) is 4.64. The van der Waals surface area contributed by atoms with Crippen molar-refractivity contribution in [3.8, 4) is 5.75 Å². The molecule has 5 heteroatoms. The van der Waals surface area contributed by atoms with Crippen LogP contribution in [-0.2, 0) is 6.61 Å². The maximum Gasteiger partial charge on any atom is 0.275 e. The summed E-state index contributed by atoms with van der Waals surface area (Å²) < 4.78 is 5.76. The number of ether oxygens (including phenoxy) is 1. The third-order valence-corrected chi connectivity index (χ3v) is 3.96. The highest BCUT2D eigenvalue weighted by atomic mass is 32.1. The number of amides is 1. The van der Waals surface area contributed by atoms with Crippen LogP contribution >= 0.6 is 11.3 Å². The zero-order valence-electron chi connectivity index (χ0n) is 11.6. The van der Waals surface area contributed by atoms with Gasteiger partial charge in [-0.15, -0.1) is 11.3 Å². The van der Waals surface area contributed by atoms with Gasteiger partial charge in [0, 0.05) is 5.56 Å². The molecule has 4 nitrogen and oxygen atoms in total. The van der Waals surface area contributed by atoms with Crippen LogP contribution in [-0.4, -0.2) is 5.91 Å². The number of hydrazine groups is 1. The first kappa shape index (κ1) is 14.6. The molecule has 0 spiro atoms. The van der Waals surface area contributed by atoms with E-state index in [2.05, 4.69) is 25.3 Å². The lowest BCUT2D eigenvalue weighted by Gasteiger charge is -2.10. The number of rotatable bonds is 5. The normalized spacial score (nSPS) is 10.6. The highest BCUT2D eigenvalue weighted by Crippen LogP contribution is 2.23. The predicted octanol–water partition coefficient (Wildman–Crippen LogP) is 3.05. The molecule has 1 aromatic heterocycles. The van der Waals surface area contributed by atoms with Crippen LogP contribution in [0, 0.1) is 0 Å². The average molecular weight is 290 g/mol. The fourth-order valence-electron chi connectivity index (χ4n) is 1.84. The highest BCUT2D eigenvalue weighted by molar-refractivity contribution is 7.12. The number of carbonyl (C=O) groups is 1. The van der Waals surface area contributed by atoms with Crippen LogP contribution in [0.1, 0.15) is 40.6 Å². The van der Waals surface area contributed by atoms with Crippen molar-refractivity contribution in [1.29, 1.82) is 0 Å². The Morgan fingerprint density at radius 1 is 1.40 bits per heavy atom. The number of benzene rings is 1. The molecule has 0 fully saturated rings. The fraction of sp³-hybridized carbons (Fsp3) is 0.267. The van der Waals surface area contributed by atoms with E-state index in [4.69, 9.17) is 10.6 Å². The zero-order valence-corrected chi connectivity index (χ0v) is 12.4. The third kappa shape index (κ3) is 3.37. The summed E-state index contributed by atoms with van der Waals surface area (Å²) in [5, 5.41) is 1.85. The molecule has 0 saturated heterocycles. The summed E-state index contributed by atoms with van der Waals surface area (Å²) in [6, 6.07) is 9.88. The van der Waals surface area contributed by atoms with Gasteiger partial charge >= 0.3 is 0 Å². The minimum absolute atomic E-state index is 0.283. The quantitative estimate of drug-likeness (QED) is 0.505. The number of carbonyl (C=O) groups excluding carboxylic acids is 1. The van der Waals surface area contributed by atoms with Crippen molar-refractivity contribution in [2.75, 3.05) is 0 Å². The summed E-state index contributed by atoms with van der Waals surface area (Å²) >= 11 is 1.35. The molecular weight excluding hydrogens is 272 g/mol. The van der Waals surface area contributed by atoms with Crippen molar-refractivity contribution in [3.63, 3.8) is 0 Å². The van der Waals surface area contributed by atoms with Crippen LogP contribution in [0.4, 0.5) is 0 Å². The van der Waals surface area contributed by atoms with Gasteiger partial charge in [-0.1, -0.05) is 26.0 Å². The molecule has 1 heterocycles. The Hall–Kier alpha value is -1.85. The van der Waals surface area contributed by atoms with Gasteiger partial charge in [0.1, 0.15) is 12.4 Å². The van der Waals surface area contributed by atoms with Gasteiger partial charge in [-0.2, -0.15) is 0 Å². The van der Waals surface area contributed by atoms with Crippen LogP contribution in [0.15, 0.2) is 35.7 Å². The van der Waals surface area contributed by atoms with Crippen LogP contribution in [0.2, 0.25) is 0 Å². The first-order valence-electron chi connectivity index (χ1n) is 6.42. The molecule has 3 N–H and O–H groups in total. The monoisotopic (exact) mass is 290 g/mol. The standard InChI is InChI=1S/C15H18N2O2S/c1-10(2)11-4-3-5-13(8-11)19-9-12-6-7-20-14(12)15(18)17-16/h3-8,10H,9,16H2,1-2H3,(H,17,18). The van der Waals surface area contributed by atoms with E-state index in [9.17, 15) is 4.79 Å². The van der Waals surface area contributed by atoms with Gasteiger partial charge in [-0.25, -0.2) is 5.84 Å². The van der Waals surface area contributed by atoms with E-state index in [1.807, 2.05) is 29.6 Å². The molecule has 1 amide bonds. The SMILES string of the molecule is CC(C)c1cccc(OCc2ccsc2C(=O)NN)c1. The molecule has 0 unspecified atom stereocenters. The van der Waals surface area contributed by atoms with Crippen LogP contribution in [0.25, 0.3) is 0 Å². The molecule has 0 radical (unpaired) electrons.